The summed E-state index contributed by atoms with van der Waals surface area (Å²) < 4.78 is 4.64. The standard InChI is InChI=1S/C28H37NO7/c1-5-6-17(13-18-7-10-19(31)11-8-18)9-12-23(32)24-20(16(2)3)14-21-25(22(24)15-30)27(34)29(26(21)33)28(35)36-4/h7-8,10-11,13,16,21-23,25,30-32H,5-6,9,12,14-15H2,1-4H3/b17-13+/t21-,22+,23-,25-/m1/s1. The zero-order valence-electron chi connectivity index (χ0n) is 21.4. The Kier molecular flexibility index (Phi) is 9.08. The Morgan fingerprint density at radius 3 is 2.39 bits per heavy atom. The third-order valence-electron chi connectivity index (χ3n) is 7.30. The van der Waals surface area contributed by atoms with Gasteiger partial charge in [-0.1, -0.05) is 56.5 Å². The fourth-order valence-corrected chi connectivity index (χ4v) is 5.59. The Morgan fingerprint density at radius 2 is 1.83 bits per heavy atom. The molecule has 0 unspecified atom stereocenters. The van der Waals surface area contributed by atoms with Crippen LogP contribution in [0.5, 0.6) is 5.75 Å². The van der Waals surface area contributed by atoms with E-state index in [1.807, 2.05) is 26.0 Å². The van der Waals surface area contributed by atoms with Gasteiger partial charge in [0.2, 0.25) is 11.8 Å². The Hall–Kier alpha value is -2.97. The van der Waals surface area contributed by atoms with Crippen molar-refractivity contribution in [3.63, 3.8) is 0 Å². The first-order chi connectivity index (χ1) is 17.1. The maximum atomic E-state index is 13.1. The van der Waals surface area contributed by atoms with Gasteiger partial charge in [0.15, 0.2) is 0 Å². The highest BCUT2D eigenvalue weighted by atomic mass is 16.5. The number of amides is 3. The van der Waals surface area contributed by atoms with Crippen LogP contribution in [0.2, 0.25) is 0 Å². The van der Waals surface area contributed by atoms with Crippen molar-refractivity contribution < 1.29 is 34.4 Å². The number of aliphatic hydroxyl groups is 2. The number of imide groups is 3. The van der Waals surface area contributed by atoms with E-state index in [0.717, 1.165) is 36.7 Å². The molecule has 8 nitrogen and oxygen atoms in total. The normalized spacial score (nSPS) is 23.4. The minimum absolute atomic E-state index is 0.0117. The third-order valence-corrected chi connectivity index (χ3v) is 7.30. The van der Waals surface area contributed by atoms with Crippen LogP contribution in [-0.4, -0.2) is 57.9 Å². The van der Waals surface area contributed by atoms with Crippen LogP contribution < -0.4 is 0 Å². The summed E-state index contributed by atoms with van der Waals surface area (Å²) in [7, 11) is 1.11. The lowest BCUT2D eigenvalue weighted by atomic mass is 9.66. The molecule has 8 heteroatoms. The summed E-state index contributed by atoms with van der Waals surface area (Å²) in [5, 5.41) is 31.3. The van der Waals surface area contributed by atoms with Crippen LogP contribution in [0.15, 0.2) is 41.0 Å². The number of phenols is 1. The average molecular weight is 500 g/mol. The molecule has 2 aliphatic rings. The number of phenolic OH excluding ortho intramolecular Hbond substituents is 1. The molecule has 3 amide bonds. The van der Waals surface area contributed by atoms with Gasteiger partial charge in [-0.2, -0.15) is 4.90 Å². The molecule has 4 atom stereocenters. The summed E-state index contributed by atoms with van der Waals surface area (Å²) in [6, 6.07) is 6.93. The highest BCUT2D eigenvalue weighted by molar-refractivity contribution is 6.16. The van der Waals surface area contributed by atoms with Crippen molar-refractivity contribution in [1.82, 2.24) is 4.90 Å². The maximum Gasteiger partial charge on any atom is 0.423 e. The van der Waals surface area contributed by atoms with E-state index in [4.69, 9.17) is 0 Å². The number of aromatic hydroxyl groups is 1. The molecule has 1 aliphatic carbocycles. The van der Waals surface area contributed by atoms with Crippen LogP contribution in [-0.2, 0) is 14.3 Å². The molecule has 0 aromatic heterocycles. The Labute approximate surface area is 212 Å². The van der Waals surface area contributed by atoms with Crippen molar-refractivity contribution in [2.24, 2.45) is 23.7 Å². The lowest BCUT2D eigenvalue weighted by Crippen LogP contribution is -2.40. The van der Waals surface area contributed by atoms with Gasteiger partial charge < -0.3 is 20.1 Å². The van der Waals surface area contributed by atoms with Gasteiger partial charge >= 0.3 is 6.09 Å². The highest BCUT2D eigenvalue weighted by Gasteiger charge is 2.57. The number of methoxy groups -OCH3 is 1. The molecule has 196 valence electrons. The van der Waals surface area contributed by atoms with Gasteiger partial charge in [0.1, 0.15) is 5.75 Å². The predicted molar refractivity (Wildman–Crippen MR) is 135 cm³/mol. The summed E-state index contributed by atoms with van der Waals surface area (Å²) in [4.78, 5) is 38.7. The number of rotatable bonds is 9. The molecular formula is C28H37NO7. The lowest BCUT2D eigenvalue weighted by Gasteiger charge is -2.38. The first-order valence-electron chi connectivity index (χ1n) is 12.6. The summed E-state index contributed by atoms with van der Waals surface area (Å²) in [6.07, 6.45) is 3.17. The van der Waals surface area contributed by atoms with Crippen molar-refractivity contribution in [1.29, 1.82) is 0 Å². The fourth-order valence-electron chi connectivity index (χ4n) is 5.59. The summed E-state index contributed by atoms with van der Waals surface area (Å²) >= 11 is 0. The van der Waals surface area contributed by atoms with E-state index in [-0.39, 0.29) is 18.1 Å². The zero-order chi connectivity index (χ0) is 26.6. The van der Waals surface area contributed by atoms with Gasteiger partial charge in [-0.25, -0.2) is 4.79 Å². The Morgan fingerprint density at radius 1 is 1.17 bits per heavy atom. The molecule has 1 fully saturated rings. The fraction of sp³-hybridized carbons (Fsp3) is 0.536. The van der Waals surface area contributed by atoms with Crippen LogP contribution in [0.4, 0.5) is 4.79 Å². The van der Waals surface area contributed by atoms with Crippen molar-refractivity contribution in [3.05, 3.63) is 46.5 Å². The van der Waals surface area contributed by atoms with E-state index in [2.05, 4.69) is 17.7 Å². The van der Waals surface area contributed by atoms with Crippen molar-refractivity contribution in [2.75, 3.05) is 13.7 Å². The molecule has 3 rings (SSSR count). The van der Waals surface area contributed by atoms with Crippen LogP contribution >= 0.6 is 0 Å². The SMILES string of the molecule is CCC/C(=C\c1ccc(O)cc1)CC[C@@H](O)C1=C(C(C)C)C[C@H]2C(=O)N(C(=O)OC)C(=O)[C@H]2[C@H]1CO. The second kappa shape index (κ2) is 11.8. The van der Waals surface area contributed by atoms with Crippen molar-refractivity contribution in [2.45, 2.75) is 59.0 Å². The number of hydrogen-bond acceptors (Lipinski definition) is 7. The molecule has 36 heavy (non-hydrogen) atoms. The van der Waals surface area contributed by atoms with Gasteiger partial charge in [-0.05, 0) is 54.9 Å². The van der Waals surface area contributed by atoms with E-state index in [9.17, 15) is 29.7 Å². The van der Waals surface area contributed by atoms with Gasteiger partial charge in [0.25, 0.3) is 0 Å². The number of carbonyl (C=O) groups excluding carboxylic acids is 3. The number of carbonyl (C=O) groups is 3. The van der Waals surface area contributed by atoms with Crippen LogP contribution in [0.3, 0.4) is 0 Å². The molecule has 1 aromatic rings. The van der Waals surface area contributed by atoms with Gasteiger partial charge in [0.05, 0.1) is 31.7 Å². The number of fused-ring (bicyclic) bond motifs is 1. The van der Waals surface area contributed by atoms with E-state index >= 15 is 0 Å². The Bertz CT molecular complexity index is 1040. The van der Waals surface area contributed by atoms with Crippen LogP contribution in [0, 0.1) is 23.7 Å². The smallest absolute Gasteiger partial charge is 0.423 e. The molecule has 0 bridgehead atoms. The first-order valence-corrected chi connectivity index (χ1v) is 12.6. The molecule has 0 saturated carbocycles. The second-order valence-corrected chi connectivity index (χ2v) is 9.94. The third kappa shape index (κ3) is 5.55. The quantitative estimate of drug-likeness (QED) is 0.346. The molecular weight excluding hydrogens is 462 g/mol. The summed E-state index contributed by atoms with van der Waals surface area (Å²) in [5.41, 5.74) is 3.57. The van der Waals surface area contributed by atoms with Gasteiger partial charge in [-0.15, -0.1) is 0 Å². The minimum Gasteiger partial charge on any atom is -0.508 e. The van der Waals surface area contributed by atoms with Gasteiger partial charge in [0, 0.05) is 5.92 Å². The van der Waals surface area contributed by atoms with Crippen molar-refractivity contribution in [3.8, 4) is 5.75 Å². The van der Waals surface area contributed by atoms with Crippen molar-refractivity contribution >= 4 is 24.0 Å². The van der Waals surface area contributed by atoms with Gasteiger partial charge in [-0.3, -0.25) is 9.59 Å². The number of ether oxygens (including phenoxy) is 1. The Balaban J connectivity index is 1.89. The molecule has 0 spiro atoms. The molecule has 3 N–H and O–H groups in total. The average Bonchev–Trinajstić information content (AvgIpc) is 3.11. The monoisotopic (exact) mass is 499 g/mol. The molecule has 1 saturated heterocycles. The lowest BCUT2D eigenvalue weighted by molar-refractivity contribution is -0.137. The van der Waals surface area contributed by atoms with E-state index in [0.29, 0.717) is 23.3 Å². The molecule has 1 heterocycles. The second-order valence-electron chi connectivity index (χ2n) is 9.94. The number of benzene rings is 1. The number of allylic oxidation sites excluding steroid dienone is 2. The number of hydrogen-bond donors (Lipinski definition) is 3. The maximum absolute atomic E-state index is 13.1. The zero-order valence-corrected chi connectivity index (χ0v) is 21.4. The topological polar surface area (TPSA) is 124 Å². The van der Waals surface area contributed by atoms with E-state index < -0.39 is 48.4 Å². The minimum atomic E-state index is -1.02. The highest BCUT2D eigenvalue weighted by Crippen LogP contribution is 2.48. The largest absolute Gasteiger partial charge is 0.508 e. The molecule has 1 aliphatic heterocycles. The summed E-state index contributed by atoms with van der Waals surface area (Å²) in [5.74, 6) is -3.51. The van der Waals surface area contributed by atoms with E-state index in [1.54, 1.807) is 12.1 Å². The molecule has 0 radical (unpaired) electrons. The first kappa shape index (κ1) is 27.6. The molecule has 1 aromatic carbocycles. The van der Waals surface area contributed by atoms with E-state index in [1.165, 1.54) is 0 Å². The number of likely N-dealkylation sites (tertiary alicyclic amines) is 1. The van der Waals surface area contributed by atoms with Crippen LogP contribution in [0.25, 0.3) is 6.08 Å². The number of aliphatic hydroxyl groups excluding tert-OH is 2. The number of nitrogens with zero attached hydrogens (tertiary/aromatic N) is 1. The van der Waals surface area contributed by atoms with Crippen LogP contribution in [0.1, 0.15) is 58.4 Å². The summed E-state index contributed by atoms with van der Waals surface area (Å²) in [6.45, 7) is 5.59. The predicted octanol–water partition coefficient (Wildman–Crippen LogP) is 4.05.